The highest BCUT2D eigenvalue weighted by Gasteiger charge is 2.02. The van der Waals surface area contributed by atoms with Gasteiger partial charge >= 0.3 is 0 Å². The summed E-state index contributed by atoms with van der Waals surface area (Å²) < 4.78 is 0.970. The Bertz CT molecular complexity index is 396. The van der Waals surface area contributed by atoms with E-state index in [2.05, 4.69) is 9.97 Å². The van der Waals surface area contributed by atoms with E-state index in [1.807, 2.05) is 18.4 Å². The molecule has 0 amide bonds. The van der Waals surface area contributed by atoms with E-state index in [0.29, 0.717) is 5.15 Å². The molecule has 0 aliphatic heterocycles. The summed E-state index contributed by atoms with van der Waals surface area (Å²) in [6, 6.07) is 1.94. The quantitative estimate of drug-likeness (QED) is 0.589. The Morgan fingerprint density at radius 3 is 3.09 bits per heavy atom. The van der Waals surface area contributed by atoms with Gasteiger partial charge < -0.3 is 0 Å². The Morgan fingerprint density at radius 1 is 1.45 bits per heavy atom. The molecule has 0 saturated heterocycles. The molecule has 0 radical (unpaired) electrons. The van der Waals surface area contributed by atoms with Crippen LogP contribution < -0.4 is 0 Å². The van der Waals surface area contributed by atoms with Gasteiger partial charge in [-0.15, -0.1) is 11.3 Å². The van der Waals surface area contributed by atoms with E-state index in [1.54, 1.807) is 11.3 Å². The lowest BCUT2D eigenvalue weighted by molar-refractivity contribution is 1.10. The molecule has 0 spiro atoms. The van der Waals surface area contributed by atoms with Crippen molar-refractivity contribution >= 4 is 33.2 Å². The fraction of sp³-hybridized carbons (Fsp3) is 0.143. The lowest BCUT2D eigenvalue weighted by atomic mass is 10.5. The van der Waals surface area contributed by atoms with Gasteiger partial charge in [-0.25, -0.2) is 9.97 Å². The van der Waals surface area contributed by atoms with Crippen molar-refractivity contribution in [2.45, 2.75) is 6.92 Å². The molecule has 4 heteroatoms. The van der Waals surface area contributed by atoms with Crippen molar-refractivity contribution in [1.29, 1.82) is 0 Å². The standard InChI is InChI=1S/C7H5ClN2S/c1-4-9-5-2-3-11-6(5)7(8)10-4/h2-3H,1H3. The maximum Gasteiger partial charge on any atom is 0.150 e. The number of thiophene rings is 1. The van der Waals surface area contributed by atoms with Gasteiger partial charge in [0.1, 0.15) is 5.82 Å². The highest BCUT2D eigenvalue weighted by atomic mass is 35.5. The van der Waals surface area contributed by atoms with E-state index in [9.17, 15) is 0 Å². The van der Waals surface area contributed by atoms with Crippen molar-refractivity contribution in [3.8, 4) is 0 Å². The van der Waals surface area contributed by atoms with Gasteiger partial charge in [0.15, 0.2) is 5.15 Å². The van der Waals surface area contributed by atoms with Gasteiger partial charge in [-0.2, -0.15) is 0 Å². The Kier molecular flexibility index (Phi) is 1.55. The van der Waals surface area contributed by atoms with Gasteiger partial charge in [-0.1, -0.05) is 11.6 Å². The molecule has 0 saturated carbocycles. The zero-order valence-corrected chi connectivity index (χ0v) is 7.41. The van der Waals surface area contributed by atoms with E-state index >= 15 is 0 Å². The van der Waals surface area contributed by atoms with Crippen LogP contribution in [0.4, 0.5) is 0 Å². The van der Waals surface area contributed by atoms with Gasteiger partial charge in [-0.3, -0.25) is 0 Å². The van der Waals surface area contributed by atoms with Gasteiger partial charge in [0.25, 0.3) is 0 Å². The molecule has 0 aliphatic carbocycles. The minimum atomic E-state index is 0.558. The molecule has 0 atom stereocenters. The average molecular weight is 185 g/mol. The van der Waals surface area contributed by atoms with Gasteiger partial charge in [0.05, 0.1) is 10.2 Å². The van der Waals surface area contributed by atoms with E-state index in [4.69, 9.17) is 11.6 Å². The predicted molar refractivity (Wildman–Crippen MR) is 47.2 cm³/mol. The molecule has 0 aliphatic rings. The Labute approximate surface area is 72.9 Å². The third kappa shape index (κ3) is 1.10. The molecule has 0 fully saturated rings. The molecule has 0 aromatic carbocycles. The Hall–Kier alpha value is -0.670. The van der Waals surface area contributed by atoms with Crippen LogP contribution in [0.2, 0.25) is 5.15 Å². The first-order chi connectivity index (χ1) is 5.27. The van der Waals surface area contributed by atoms with Crippen molar-refractivity contribution in [2.75, 3.05) is 0 Å². The summed E-state index contributed by atoms with van der Waals surface area (Å²) in [4.78, 5) is 8.25. The average Bonchev–Trinajstić information content (AvgIpc) is 2.34. The van der Waals surface area contributed by atoms with Crippen LogP contribution in [-0.4, -0.2) is 9.97 Å². The predicted octanol–water partition coefficient (Wildman–Crippen LogP) is 2.65. The minimum absolute atomic E-state index is 0.558. The summed E-state index contributed by atoms with van der Waals surface area (Å²) in [5.41, 5.74) is 0.938. The first-order valence-corrected chi connectivity index (χ1v) is 4.40. The SMILES string of the molecule is Cc1nc(Cl)c2sccc2n1. The molecule has 2 aromatic heterocycles. The molecule has 0 N–H and O–H groups in total. The summed E-state index contributed by atoms with van der Waals surface area (Å²) in [7, 11) is 0. The van der Waals surface area contributed by atoms with Crippen molar-refractivity contribution in [3.05, 3.63) is 22.4 Å². The number of hydrogen-bond acceptors (Lipinski definition) is 3. The van der Waals surface area contributed by atoms with E-state index in [1.165, 1.54) is 0 Å². The summed E-state index contributed by atoms with van der Waals surface area (Å²) in [6.07, 6.45) is 0. The zero-order valence-electron chi connectivity index (χ0n) is 5.84. The molecule has 0 unspecified atom stereocenters. The first kappa shape index (κ1) is 7.00. The van der Waals surface area contributed by atoms with Crippen LogP contribution in [0, 0.1) is 6.92 Å². The van der Waals surface area contributed by atoms with Crippen LogP contribution in [0.25, 0.3) is 10.2 Å². The molecule has 0 bridgehead atoms. The summed E-state index contributed by atoms with van der Waals surface area (Å²) >= 11 is 7.43. The number of nitrogens with zero attached hydrogens (tertiary/aromatic N) is 2. The Balaban J connectivity index is 2.91. The maximum atomic E-state index is 5.86. The van der Waals surface area contributed by atoms with Gasteiger partial charge in [0.2, 0.25) is 0 Å². The molecule has 56 valence electrons. The molecule has 2 heterocycles. The third-order valence-corrected chi connectivity index (χ3v) is 2.67. The minimum Gasteiger partial charge on any atom is -0.232 e. The number of halogens is 1. The number of rotatable bonds is 0. The molecule has 11 heavy (non-hydrogen) atoms. The zero-order chi connectivity index (χ0) is 7.84. The fourth-order valence-electron chi connectivity index (χ4n) is 0.937. The number of aryl methyl sites for hydroxylation is 1. The molecular formula is C7H5ClN2S. The summed E-state index contributed by atoms with van der Waals surface area (Å²) in [6.45, 7) is 1.84. The van der Waals surface area contributed by atoms with Crippen LogP contribution in [0.5, 0.6) is 0 Å². The maximum absolute atomic E-state index is 5.86. The van der Waals surface area contributed by atoms with Gasteiger partial charge in [-0.05, 0) is 18.4 Å². The summed E-state index contributed by atoms with van der Waals surface area (Å²) in [5.74, 6) is 0.723. The topological polar surface area (TPSA) is 25.8 Å². The van der Waals surface area contributed by atoms with Crippen molar-refractivity contribution in [1.82, 2.24) is 9.97 Å². The second-order valence-electron chi connectivity index (χ2n) is 2.20. The molecule has 2 rings (SSSR count). The normalized spacial score (nSPS) is 10.7. The number of fused-ring (bicyclic) bond motifs is 1. The summed E-state index contributed by atoms with van der Waals surface area (Å²) in [5, 5.41) is 2.52. The highest BCUT2D eigenvalue weighted by Crippen LogP contribution is 2.25. The van der Waals surface area contributed by atoms with Gasteiger partial charge in [0, 0.05) is 0 Å². The van der Waals surface area contributed by atoms with Crippen LogP contribution in [0.3, 0.4) is 0 Å². The number of aromatic nitrogens is 2. The molecule has 2 aromatic rings. The van der Waals surface area contributed by atoms with E-state index < -0.39 is 0 Å². The molecule has 2 nitrogen and oxygen atoms in total. The van der Waals surface area contributed by atoms with Crippen LogP contribution in [0.15, 0.2) is 11.4 Å². The lowest BCUT2D eigenvalue weighted by Crippen LogP contribution is -1.86. The van der Waals surface area contributed by atoms with Crippen LogP contribution in [0.1, 0.15) is 5.82 Å². The van der Waals surface area contributed by atoms with Crippen molar-refractivity contribution < 1.29 is 0 Å². The fourth-order valence-corrected chi connectivity index (χ4v) is 2.00. The number of hydrogen-bond donors (Lipinski definition) is 0. The largest absolute Gasteiger partial charge is 0.232 e. The van der Waals surface area contributed by atoms with Crippen LogP contribution in [-0.2, 0) is 0 Å². The van der Waals surface area contributed by atoms with Crippen LogP contribution >= 0.6 is 22.9 Å². The second kappa shape index (κ2) is 2.43. The Morgan fingerprint density at radius 2 is 2.27 bits per heavy atom. The van der Waals surface area contributed by atoms with E-state index in [0.717, 1.165) is 16.0 Å². The third-order valence-electron chi connectivity index (χ3n) is 1.37. The molecular weight excluding hydrogens is 180 g/mol. The highest BCUT2D eigenvalue weighted by molar-refractivity contribution is 7.17. The lowest BCUT2D eigenvalue weighted by Gasteiger charge is -1.93. The first-order valence-electron chi connectivity index (χ1n) is 3.15. The van der Waals surface area contributed by atoms with E-state index in [-0.39, 0.29) is 0 Å². The second-order valence-corrected chi connectivity index (χ2v) is 3.47. The van der Waals surface area contributed by atoms with Crippen molar-refractivity contribution in [3.63, 3.8) is 0 Å². The smallest absolute Gasteiger partial charge is 0.150 e. The van der Waals surface area contributed by atoms with Crippen molar-refractivity contribution in [2.24, 2.45) is 0 Å². The monoisotopic (exact) mass is 184 g/mol.